The lowest BCUT2D eigenvalue weighted by molar-refractivity contribution is -0.117. The van der Waals surface area contributed by atoms with Crippen molar-refractivity contribution in [3.63, 3.8) is 0 Å². The highest BCUT2D eigenvalue weighted by Gasteiger charge is 2.20. The quantitative estimate of drug-likeness (QED) is 0.895. The van der Waals surface area contributed by atoms with E-state index in [9.17, 15) is 9.18 Å². The zero-order chi connectivity index (χ0) is 14.5. The minimum Gasteiger partial charge on any atom is -0.396 e. The molecule has 110 valence electrons. The number of benzene rings is 1. The second-order valence-electron chi connectivity index (χ2n) is 5.07. The zero-order valence-electron chi connectivity index (χ0n) is 11.1. The first kappa shape index (κ1) is 15.2. The van der Waals surface area contributed by atoms with Crippen LogP contribution in [0.5, 0.6) is 0 Å². The van der Waals surface area contributed by atoms with Crippen LogP contribution in [0.25, 0.3) is 0 Å². The summed E-state index contributed by atoms with van der Waals surface area (Å²) in [5.74, 6) is -0.443. The summed E-state index contributed by atoms with van der Waals surface area (Å²) in [6.45, 7) is 2.00. The van der Waals surface area contributed by atoms with Crippen LogP contribution in [0.3, 0.4) is 0 Å². The Morgan fingerprint density at radius 1 is 1.45 bits per heavy atom. The van der Waals surface area contributed by atoms with Gasteiger partial charge in [0.1, 0.15) is 5.82 Å². The highest BCUT2D eigenvalue weighted by atomic mass is 35.5. The van der Waals surface area contributed by atoms with Gasteiger partial charge in [-0.2, -0.15) is 0 Å². The Labute approximate surface area is 122 Å². The third-order valence-corrected chi connectivity index (χ3v) is 3.77. The number of aliphatic hydroxyl groups is 1. The summed E-state index contributed by atoms with van der Waals surface area (Å²) in [6.07, 6.45) is 1.78. The van der Waals surface area contributed by atoms with E-state index >= 15 is 0 Å². The molecule has 2 N–H and O–H groups in total. The van der Waals surface area contributed by atoms with Crippen molar-refractivity contribution in [1.29, 1.82) is 0 Å². The van der Waals surface area contributed by atoms with E-state index in [-0.39, 0.29) is 24.7 Å². The lowest BCUT2D eigenvalue weighted by atomic mass is 9.98. The maximum Gasteiger partial charge on any atom is 0.238 e. The van der Waals surface area contributed by atoms with E-state index in [1.807, 2.05) is 4.90 Å². The number of rotatable bonds is 4. The van der Waals surface area contributed by atoms with Gasteiger partial charge in [0.05, 0.1) is 12.2 Å². The first-order valence-electron chi connectivity index (χ1n) is 6.66. The summed E-state index contributed by atoms with van der Waals surface area (Å²) in [4.78, 5) is 13.9. The molecule has 0 saturated carbocycles. The van der Waals surface area contributed by atoms with E-state index in [4.69, 9.17) is 16.7 Å². The third kappa shape index (κ3) is 4.16. The molecule has 0 radical (unpaired) electrons. The number of anilines is 1. The second-order valence-corrected chi connectivity index (χ2v) is 5.51. The molecule has 0 aromatic heterocycles. The molecule has 1 aromatic rings. The van der Waals surface area contributed by atoms with Crippen LogP contribution in [0.2, 0.25) is 5.02 Å². The van der Waals surface area contributed by atoms with Gasteiger partial charge in [-0.05, 0) is 50.0 Å². The monoisotopic (exact) mass is 300 g/mol. The third-order valence-electron chi connectivity index (χ3n) is 3.54. The maximum atomic E-state index is 13.5. The number of carbonyl (C=O) groups excluding carboxylic acids is 1. The molecule has 0 unspecified atom stereocenters. The van der Waals surface area contributed by atoms with Crippen LogP contribution in [0.1, 0.15) is 12.8 Å². The molecular weight excluding hydrogens is 283 g/mol. The molecule has 1 amide bonds. The lowest BCUT2D eigenvalue weighted by Crippen LogP contribution is -2.39. The number of aliphatic hydroxyl groups excluding tert-OH is 1. The van der Waals surface area contributed by atoms with Crippen LogP contribution in [0, 0.1) is 11.7 Å². The number of nitrogens with one attached hydrogen (secondary N) is 1. The maximum absolute atomic E-state index is 13.5. The summed E-state index contributed by atoms with van der Waals surface area (Å²) < 4.78 is 13.5. The minimum absolute atomic E-state index is 0.143. The number of hydrogen-bond donors (Lipinski definition) is 2. The highest BCUT2D eigenvalue weighted by Crippen LogP contribution is 2.19. The Bertz CT molecular complexity index is 476. The highest BCUT2D eigenvalue weighted by molar-refractivity contribution is 6.30. The van der Waals surface area contributed by atoms with Crippen molar-refractivity contribution in [3.05, 3.63) is 29.0 Å². The molecule has 2 rings (SSSR count). The number of carbonyl (C=O) groups is 1. The van der Waals surface area contributed by atoms with Crippen LogP contribution in [-0.4, -0.2) is 42.2 Å². The van der Waals surface area contributed by atoms with Crippen LogP contribution in [-0.2, 0) is 4.79 Å². The first-order chi connectivity index (χ1) is 9.58. The number of piperidine rings is 1. The molecule has 0 aliphatic carbocycles. The zero-order valence-corrected chi connectivity index (χ0v) is 11.9. The number of nitrogens with zero attached hydrogens (tertiary/aromatic N) is 1. The van der Waals surface area contributed by atoms with Crippen LogP contribution >= 0.6 is 11.6 Å². The van der Waals surface area contributed by atoms with Crippen molar-refractivity contribution in [3.8, 4) is 0 Å². The molecular formula is C14H18ClFN2O2. The Morgan fingerprint density at radius 3 is 2.75 bits per heavy atom. The van der Waals surface area contributed by atoms with E-state index in [1.165, 1.54) is 18.2 Å². The van der Waals surface area contributed by atoms with Crippen molar-refractivity contribution in [2.24, 2.45) is 5.92 Å². The topological polar surface area (TPSA) is 52.6 Å². The molecule has 1 fully saturated rings. The Morgan fingerprint density at radius 2 is 2.15 bits per heavy atom. The van der Waals surface area contributed by atoms with Gasteiger partial charge in [-0.25, -0.2) is 4.39 Å². The molecule has 20 heavy (non-hydrogen) atoms. The molecule has 1 aliphatic heterocycles. The summed E-state index contributed by atoms with van der Waals surface area (Å²) in [7, 11) is 0. The van der Waals surface area contributed by atoms with Gasteiger partial charge < -0.3 is 10.4 Å². The van der Waals surface area contributed by atoms with E-state index in [0.717, 1.165) is 25.9 Å². The smallest absolute Gasteiger partial charge is 0.238 e. The van der Waals surface area contributed by atoms with Crippen molar-refractivity contribution in [1.82, 2.24) is 4.90 Å². The van der Waals surface area contributed by atoms with Gasteiger partial charge in [-0.3, -0.25) is 9.69 Å². The van der Waals surface area contributed by atoms with Gasteiger partial charge in [-0.15, -0.1) is 0 Å². The Kier molecular flexibility index (Phi) is 5.34. The lowest BCUT2D eigenvalue weighted by Gasteiger charge is -2.30. The molecule has 0 spiro atoms. The molecule has 0 bridgehead atoms. The fraction of sp³-hybridized carbons (Fsp3) is 0.500. The van der Waals surface area contributed by atoms with Gasteiger partial charge in [0.25, 0.3) is 0 Å². The molecule has 0 atom stereocenters. The van der Waals surface area contributed by atoms with Crippen molar-refractivity contribution >= 4 is 23.2 Å². The summed E-state index contributed by atoms with van der Waals surface area (Å²) in [6, 6.07) is 4.16. The molecule has 1 saturated heterocycles. The van der Waals surface area contributed by atoms with Gasteiger partial charge in [0, 0.05) is 11.6 Å². The van der Waals surface area contributed by atoms with Gasteiger partial charge in [-0.1, -0.05) is 11.6 Å². The number of likely N-dealkylation sites (tertiary alicyclic amines) is 1. The molecule has 1 heterocycles. The van der Waals surface area contributed by atoms with E-state index < -0.39 is 5.82 Å². The summed E-state index contributed by atoms with van der Waals surface area (Å²) in [5.41, 5.74) is 0.143. The second kappa shape index (κ2) is 7.02. The predicted octanol–water partition coefficient (Wildman–Crippen LogP) is 2.12. The fourth-order valence-electron chi connectivity index (χ4n) is 2.31. The molecule has 1 aliphatic rings. The standard InChI is InChI=1S/C14H18ClFN2O2/c15-11-1-2-13(12(16)7-11)17-14(20)8-18-5-3-10(9-19)4-6-18/h1-2,7,10,19H,3-6,8-9H2,(H,17,20). The summed E-state index contributed by atoms with van der Waals surface area (Å²) in [5, 5.41) is 11.9. The summed E-state index contributed by atoms with van der Waals surface area (Å²) >= 11 is 5.66. The average molecular weight is 301 g/mol. The molecule has 6 heteroatoms. The molecule has 1 aromatic carbocycles. The minimum atomic E-state index is -0.537. The van der Waals surface area contributed by atoms with Gasteiger partial charge in [0.2, 0.25) is 5.91 Å². The van der Waals surface area contributed by atoms with E-state index in [0.29, 0.717) is 10.9 Å². The Hall–Kier alpha value is -1.17. The van der Waals surface area contributed by atoms with Crippen LogP contribution < -0.4 is 5.32 Å². The normalized spacial score (nSPS) is 17.1. The van der Waals surface area contributed by atoms with Crippen LogP contribution in [0.4, 0.5) is 10.1 Å². The number of halogens is 2. The van der Waals surface area contributed by atoms with E-state index in [2.05, 4.69) is 5.32 Å². The Balaban J connectivity index is 1.84. The van der Waals surface area contributed by atoms with Gasteiger partial charge >= 0.3 is 0 Å². The number of hydrogen-bond acceptors (Lipinski definition) is 3. The van der Waals surface area contributed by atoms with Crippen molar-refractivity contribution < 1.29 is 14.3 Å². The molecule has 4 nitrogen and oxygen atoms in total. The van der Waals surface area contributed by atoms with Crippen molar-refractivity contribution in [2.45, 2.75) is 12.8 Å². The SMILES string of the molecule is O=C(CN1CCC(CO)CC1)Nc1ccc(Cl)cc1F. The van der Waals surface area contributed by atoms with Gasteiger partial charge in [0.15, 0.2) is 0 Å². The predicted molar refractivity (Wildman–Crippen MR) is 76.3 cm³/mol. The fourth-order valence-corrected chi connectivity index (χ4v) is 2.47. The van der Waals surface area contributed by atoms with Crippen LogP contribution in [0.15, 0.2) is 18.2 Å². The first-order valence-corrected chi connectivity index (χ1v) is 7.04. The van der Waals surface area contributed by atoms with E-state index in [1.54, 1.807) is 0 Å². The number of amides is 1. The van der Waals surface area contributed by atoms with Crippen molar-refractivity contribution in [2.75, 3.05) is 31.6 Å². The average Bonchev–Trinajstić information content (AvgIpc) is 2.43. The largest absolute Gasteiger partial charge is 0.396 e.